The van der Waals surface area contributed by atoms with Gasteiger partial charge in [0.15, 0.2) is 6.10 Å². The smallest absolute Gasteiger partial charge is 0.341 e. The Bertz CT molecular complexity index is 750. The van der Waals surface area contributed by atoms with Gasteiger partial charge in [-0.05, 0) is 42.8 Å². The van der Waals surface area contributed by atoms with Gasteiger partial charge < -0.3 is 10.1 Å². The first kappa shape index (κ1) is 18.1. The minimum absolute atomic E-state index is 0.159. The highest BCUT2D eigenvalue weighted by atomic mass is 79.9. The first-order valence-electron chi connectivity index (χ1n) is 7.05. The molecule has 2 rings (SSSR count). The fourth-order valence-corrected chi connectivity index (χ4v) is 2.23. The number of amides is 1. The van der Waals surface area contributed by atoms with Gasteiger partial charge in [-0.1, -0.05) is 28.1 Å². The molecule has 4 nitrogen and oxygen atoms in total. The molecule has 2 aromatic rings. The van der Waals surface area contributed by atoms with E-state index in [0.717, 1.165) is 6.07 Å². The van der Waals surface area contributed by atoms with E-state index in [-0.39, 0.29) is 17.9 Å². The van der Waals surface area contributed by atoms with E-state index in [1.807, 2.05) is 0 Å². The van der Waals surface area contributed by atoms with Crippen LogP contribution >= 0.6 is 15.9 Å². The Kier molecular flexibility index (Phi) is 6.03. The number of esters is 1. The molecule has 0 aliphatic carbocycles. The summed E-state index contributed by atoms with van der Waals surface area (Å²) in [5.41, 5.74) is 0.434. The molecule has 1 N–H and O–H groups in total. The van der Waals surface area contributed by atoms with Crippen molar-refractivity contribution in [1.82, 2.24) is 5.32 Å². The summed E-state index contributed by atoms with van der Waals surface area (Å²) in [6, 6.07) is 9.47. The summed E-state index contributed by atoms with van der Waals surface area (Å²) in [6.07, 6.45) is -1.10. The summed E-state index contributed by atoms with van der Waals surface area (Å²) < 4.78 is 31.9. The number of hydrogen-bond acceptors (Lipinski definition) is 3. The molecule has 1 amide bonds. The second-order valence-corrected chi connectivity index (χ2v) is 5.93. The van der Waals surface area contributed by atoms with E-state index < -0.39 is 23.8 Å². The quantitative estimate of drug-likeness (QED) is 0.784. The summed E-state index contributed by atoms with van der Waals surface area (Å²) in [7, 11) is 0. The number of nitrogens with one attached hydrogen (secondary N) is 1. The number of ether oxygens (including phenoxy) is 1. The summed E-state index contributed by atoms with van der Waals surface area (Å²) in [5, 5.41) is 2.56. The molecule has 2 aromatic carbocycles. The molecule has 0 bridgehead atoms. The summed E-state index contributed by atoms with van der Waals surface area (Å²) in [5.74, 6) is -2.58. The molecule has 24 heavy (non-hydrogen) atoms. The standard InChI is InChI=1S/C17H14BrF2NO3/c1-10(16(22)21-9-11-2-5-13(19)6-3-11)24-17(23)14-8-12(18)4-7-15(14)20/h2-8,10H,9H2,1H3,(H,21,22)/t10-/m0/s1. The van der Waals surface area contributed by atoms with Crippen molar-refractivity contribution in [3.63, 3.8) is 0 Å². The van der Waals surface area contributed by atoms with Crippen LogP contribution in [0.15, 0.2) is 46.9 Å². The topological polar surface area (TPSA) is 55.4 Å². The highest BCUT2D eigenvalue weighted by Crippen LogP contribution is 2.17. The monoisotopic (exact) mass is 397 g/mol. The van der Waals surface area contributed by atoms with Gasteiger partial charge in [0.1, 0.15) is 11.6 Å². The highest BCUT2D eigenvalue weighted by Gasteiger charge is 2.21. The van der Waals surface area contributed by atoms with Crippen LogP contribution < -0.4 is 5.32 Å². The van der Waals surface area contributed by atoms with Crippen LogP contribution in [0.3, 0.4) is 0 Å². The van der Waals surface area contributed by atoms with E-state index in [9.17, 15) is 18.4 Å². The molecule has 0 aliphatic heterocycles. The van der Waals surface area contributed by atoms with Gasteiger partial charge in [-0.15, -0.1) is 0 Å². The van der Waals surface area contributed by atoms with Gasteiger partial charge in [0.2, 0.25) is 0 Å². The summed E-state index contributed by atoms with van der Waals surface area (Å²) >= 11 is 3.14. The molecule has 7 heteroatoms. The van der Waals surface area contributed by atoms with Crippen LogP contribution in [0.25, 0.3) is 0 Å². The van der Waals surface area contributed by atoms with Gasteiger partial charge in [0.05, 0.1) is 5.56 Å². The van der Waals surface area contributed by atoms with Gasteiger partial charge >= 0.3 is 5.97 Å². The zero-order chi connectivity index (χ0) is 17.7. The van der Waals surface area contributed by atoms with Gasteiger partial charge in [-0.3, -0.25) is 4.79 Å². The molecule has 0 fully saturated rings. The Morgan fingerprint density at radius 1 is 1.17 bits per heavy atom. The molecule has 0 unspecified atom stereocenters. The molecule has 0 aliphatic rings. The van der Waals surface area contributed by atoms with E-state index in [0.29, 0.717) is 10.0 Å². The first-order valence-corrected chi connectivity index (χ1v) is 7.84. The Morgan fingerprint density at radius 3 is 2.50 bits per heavy atom. The predicted octanol–water partition coefficient (Wildman–Crippen LogP) is 3.59. The zero-order valence-corrected chi connectivity index (χ0v) is 14.3. The second-order valence-electron chi connectivity index (χ2n) is 5.02. The third-order valence-electron chi connectivity index (χ3n) is 3.18. The lowest BCUT2D eigenvalue weighted by Crippen LogP contribution is -2.35. The molecule has 1 atom stereocenters. The Balaban J connectivity index is 1.92. The molecule has 0 saturated heterocycles. The van der Waals surface area contributed by atoms with Crippen molar-refractivity contribution in [3.05, 3.63) is 69.7 Å². The number of carbonyl (C=O) groups excluding carboxylic acids is 2. The van der Waals surface area contributed by atoms with Crippen LogP contribution in [0.2, 0.25) is 0 Å². The normalized spacial score (nSPS) is 11.7. The first-order chi connectivity index (χ1) is 11.4. The van der Waals surface area contributed by atoms with E-state index in [2.05, 4.69) is 21.2 Å². The molecule has 0 aromatic heterocycles. The number of halogens is 3. The number of carbonyl (C=O) groups is 2. The minimum Gasteiger partial charge on any atom is -0.449 e. The number of hydrogen-bond donors (Lipinski definition) is 1. The number of benzene rings is 2. The third kappa shape index (κ3) is 4.86. The summed E-state index contributed by atoms with van der Waals surface area (Å²) in [4.78, 5) is 23.9. The van der Waals surface area contributed by atoms with Gasteiger partial charge in [-0.25, -0.2) is 13.6 Å². The van der Waals surface area contributed by atoms with Crippen LogP contribution in [0.5, 0.6) is 0 Å². The van der Waals surface area contributed by atoms with Gasteiger partial charge in [0, 0.05) is 11.0 Å². The van der Waals surface area contributed by atoms with Crippen molar-refractivity contribution < 1.29 is 23.1 Å². The fraction of sp³-hybridized carbons (Fsp3) is 0.176. The van der Waals surface area contributed by atoms with Crippen LogP contribution in [-0.4, -0.2) is 18.0 Å². The molecular weight excluding hydrogens is 384 g/mol. The average Bonchev–Trinajstić information content (AvgIpc) is 2.56. The molecular formula is C17H14BrF2NO3. The maximum Gasteiger partial charge on any atom is 0.341 e. The van der Waals surface area contributed by atoms with Crippen LogP contribution in [0, 0.1) is 11.6 Å². The lowest BCUT2D eigenvalue weighted by Gasteiger charge is -2.14. The van der Waals surface area contributed by atoms with E-state index >= 15 is 0 Å². The largest absolute Gasteiger partial charge is 0.449 e. The van der Waals surface area contributed by atoms with Crippen molar-refractivity contribution in [3.8, 4) is 0 Å². The van der Waals surface area contributed by atoms with E-state index in [4.69, 9.17) is 4.74 Å². The van der Waals surface area contributed by atoms with Crippen molar-refractivity contribution in [1.29, 1.82) is 0 Å². The van der Waals surface area contributed by atoms with Crippen LogP contribution in [0.1, 0.15) is 22.8 Å². The Labute approximate surface area is 145 Å². The van der Waals surface area contributed by atoms with E-state index in [1.54, 1.807) is 0 Å². The minimum atomic E-state index is -1.10. The number of rotatable bonds is 5. The SMILES string of the molecule is C[C@H](OC(=O)c1cc(Br)ccc1F)C(=O)NCc1ccc(F)cc1. The molecule has 0 saturated carbocycles. The fourth-order valence-electron chi connectivity index (χ4n) is 1.87. The van der Waals surface area contributed by atoms with Crippen molar-refractivity contribution in [2.45, 2.75) is 19.6 Å². The van der Waals surface area contributed by atoms with E-state index in [1.165, 1.54) is 43.3 Å². The van der Waals surface area contributed by atoms with Crippen molar-refractivity contribution >= 4 is 27.8 Å². The predicted molar refractivity (Wildman–Crippen MR) is 87.2 cm³/mol. The van der Waals surface area contributed by atoms with Crippen molar-refractivity contribution in [2.75, 3.05) is 0 Å². The Hall–Kier alpha value is -2.28. The van der Waals surface area contributed by atoms with Crippen LogP contribution in [-0.2, 0) is 16.1 Å². The summed E-state index contributed by atoms with van der Waals surface area (Å²) in [6.45, 7) is 1.54. The Morgan fingerprint density at radius 2 is 1.83 bits per heavy atom. The van der Waals surface area contributed by atoms with Crippen LogP contribution in [0.4, 0.5) is 8.78 Å². The third-order valence-corrected chi connectivity index (χ3v) is 3.67. The van der Waals surface area contributed by atoms with Crippen molar-refractivity contribution in [2.24, 2.45) is 0 Å². The lowest BCUT2D eigenvalue weighted by atomic mass is 10.2. The molecule has 0 heterocycles. The van der Waals surface area contributed by atoms with Gasteiger partial charge in [0.25, 0.3) is 5.91 Å². The van der Waals surface area contributed by atoms with Gasteiger partial charge in [-0.2, -0.15) is 0 Å². The average molecular weight is 398 g/mol. The molecule has 126 valence electrons. The maximum atomic E-state index is 13.6. The molecule has 0 radical (unpaired) electrons. The lowest BCUT2D eigenvalue weighted by molar-refractivity contribution is -0.129. The molecule has 0 spiro atoms. The second kappa shape index (κ2) is 8.01. The zero-order valence-electron chi connectivity index (χ0n) is 12.7. The maximum absolute atomic E-state index is 13.6. The highest BCUT2D eigenvalue weighted by molar-refractivity contribution is 9.10.